The van der Waals surface area contributed by atoms with Crippen LogP contribution < -0.4 is 4.74 Å². The van der Waals surface area contributed by atoms with Crippen LogP contribution in [0.5, 0.6) is 5.75 Å². The van der Waals surface area contributed by atoms with Gasteiger partial charge in [-0.1, -0.05) is 38.1 Å². The van der Waals surface area contributed by atoms with Crippen LogP contribution in [0.2, 0.25) is 0 Å². The lowest BCUT2D eigenvalue weighted by Gasteiger charge is -2.30. The van der Waals surface area contributed by atoms with Gasteiger partial charge < -0.3 is 9.84 Å². The number of benzene rings is 2. The van der Waals surface area contributed by atoms with Gasteiger partial charge in [-0.25, -0.2) is 17.6 Å². The van der Waals surface area contributed by atoms with Gasteiger partial charge in [0.15, 0.2) is 0 Å². The van der Waals surface area contributed by atoms with E-state index in [0.29, 0.717) is 17.2 Å². The molecule has 1 aliphatic rings. The molecule has 3 rings (SSSR count). The van der Waals surface area contributed by atoms with Crippen molar-refractivity contribution in [2.24, 2.45) is 5.10 Å². The van der Waals surface area contributed by atoms with E-state index in [1.165, 1.54) is 18.2 Å². The number of amides is 1. The van der Waals surface area contributed by atoms with E-state index in [2.05, 4.69) is 18.9 Å². The highest BCUT2D eigenvalue weighted by molar-refractivity contribution is 5.99. The molecule has 1 atom stereocenters. The third-order valence-corrected chi connectivity index (χ3v) is 4.96. The SMILES string of the molecule is CC(C)c1ccc(OCc2cccc(C(=O)N3N=C(C(F)F)CC3(O)C(F)F)c2)cc1. The van der Waals surface area contributed by atoms with Gasteiger partial charge in [-0.3, -0.25) is 4.79 Å². The summed E-state index contributed by atoms with van der Waals surface area (Å²) in [4.78, 5) is 12.7. The maximum Gasteiger partial charge on any atom is 0.287 e. The zero-order valence-corrected chi connectivity index (χ0v) is 16.9. The number of alkyl halides is 4. The molecule has 1 N–H and O–H groups in total. The summed E-state index contributed by atoms with van der Waals surface area (Å²) in [6.45, 7) is 4.23. The molecule has 2 aromatic rings. The largest absolute Gasteiger partial charge is 0.489 e. The fourth-order valence-corrected chi connectivity index (χ4v) is 3.14. The van der Waals surface area contributed by atoms with E-state index in [-0.39, 0.29) is 17.2 Å². The second-order valence-corrected chi connectivity index (χ2v) is 7.58. The van der Waals surface area contributed by atoms with E-state index in [4.69, 9.17) is 4.74 Å². The Hall–Kier alpha value is -2.94. The van der Waals surface area contributed by atoms with Crippen molar-refractivity contribution < 1.29 is 32.2 Å². The van der Waals surface area contributed by atoms with Gasteiger partial charge in [-0.05, 0) is 41.3 Å². The minimum Gasteiger partial charge on any atom is -0.489 e. The van der Waals surface area contributed by atoms with Gasteiger partial charge >= 0.3 is 0 Å². The first-order valence-corrected chi connectivity index (χ1v) is 9.64. The van der Waals surface area contributed by atoms with Crippen LogP contribution in [-0.4, -0.2) is 40.3 Å². The first-order valence-electron chi connectivity index (χ1n) is 9.64. The molecule has 166 valence electrons. The first-order chi connectivity index (χ1) is 14.6. The Balaban J connectivity index is 1.76. The van der Waals surface area contributed by atoms with Crippen molar-refractivity contribution in [2.75, 3.05) is 0 Å². The average molecular weight is 438 g/mol. The predicted octanol–water partition coefficient (Wildman–Crippen LogP) is 4.81. The van der Waals surface area contributed by atoms with Crippen LogP contribution in [0.25, 0.3) is 0 Å². The molecule has 2 aromatic carbocycles. The number of aliphatic hydroxyl groups is 1. The third-order valence-electron chi connectivity index (χ3n) is 4.96. The van der Waals surface area contributed by atoms with E-state index in [1.807, 2.05) is 24.3 Å². The molecule has 0 radical (unpaired) electrons. The molecular formula is C22H22F4N2O3. The third kappa shape index (κ3) is 4.87. The van der Waals surface area contributed by atoms with Crippen LogP contribution in [0, 0.1) is 0 Å². The molecule has 9 heteroatoms. The van der Waals surface area contributed by atoms with Gasteiger partial charge in [-0.15, -0.1) is 0 Å². The smallest absolute Gasteiger partial charge is 0.287 e. The van der Waals surface area contributed by atoms with Crippen molar-refractivity contribution in [3.05, 3.63) is 65.2 Å². The van der Waals surface area contributed by atoms with Crippen LogP contribution >= 0.6 is 0 Å². The highest BCUT2D eigenvalue weighted by Gasteiger charge is 2.53. The zero-order chi connectivity index (χ0) is 22.8. The van der Waals surface area contributed by atoms with E-state index >= 15 is 0 Å². The molecule has 0 fully saturated rings. The molecule has 31 heavy (non-hydrogen) atoms. The Bertz CT molecular complexity index is 963. The van der Waals surface area contributed by atoms with Gasteiger partial charge in [0, 0.05) is 12.0 Å². The normalized spacial score (nSPS) is 18.8. The zero-order valence-electron chi connectivity index (χ0n) is 16.9. The van der Waals surface area contributed by atoms with Gasteiger partial charge in [0.2, 0.25) is 5.72 Å². The monoisotopic (exact) mass is 438 g/mol. The van der Waals surface area contributed by atoms with Crippen molar-refractivity contribution in [1.82, 2.24) is 5.01 Å². The quantitative estimate of drug-likeness (QED) is 0.631. The van der Waals surface area contributed by atoms with E-state index in [9.17, 15) is 27.5 Å². The average Bonchev–Trinajstić information content (AvgIpc) is 3.11. The molecule has 5 nitrogen and oxygen atoms in total. The molecule has 0 aromatic heterocycles. The second kappa shape index (κ2) is 9.05. The van der Waals surface area contributed by atoms with Crippen LogP contribution in [0.15, 0.2) is 53.6 Å². The minimum absolute atomic E-state index is 0.0454. The second-order valence-electron chi connectivity index (χ2n) is 7.58. The first kappa shape index (κ1) is 22.7. The fraction of sp³-hybridized carbons (Fsp3) is 0.364. The summed E-state index contributed by atoms with van der Waals surface area (Å²) in [7, 11) is 0. The molecule has 1 aliphatic heterocycles. The Morgan fingerprint density at radius 2 is 1.84 bits per heavy atom. The van der Waals surface area contributed by atoms with E-state index < -0.39 is 36.6 Å². The van der Waals surface area contributed by atoms with Gasteiger partial charge in [-0.2, -0.15) is 10.1 Å². The van der Waals surface area contributed by atoms with Gasteiger partial charge in [0.25, 0.3) is 18.8 Å². The summed E-state index contributed by atoms with van der Waals surface area (Å²) >= 11 is 0. The molecule has 0 aliphatic carbocycles. The van der Waals surface area contributed by atoms with Crippen LogP contribution in [0.1, 0.15) is 47.7 Å². The summed E-state index contributed by atoms with van der Waals surface area (Å²) in [5.74, 6) is -0.122. The summed E-state index contributed by atoms with van der Waals surface area (Å²) in [6, 6.07) is 13.4. The van der Waals surface area contributed by atoms with Crippen molar-refractivity contribution in [3.8, 4) is 5.75 Å². The number of carbonyl (C=O) groups excluding carboxylic acids is 1. The maximum atomic E-state index is 13.4. The van der Waals surface area contributed by atoms with E-state index in [0.717, 1.165) is 5.56 Å². The molecule has 1 heterocycles. The number of rotatable bonds is 7. The fourth-order valence-electron chi connectivity index (χ4n) is 3.14. The lowest BCUT2D eigenvalue weighted by molar-refractivity contribution is -0.164. The van der Waals surface area contributed by atoms with Gasteiger partial charge in [0.05, 0.1) is 0 Å². The number of hydrogen-bond donors (Lipinski definition) is 1. The summed E-state index contributed by atoms with van der Waals surface area (Å²) in [5.41, 5.74) is -2.47. The Morgan fingerprint density at radius 3 is 2.42 bits per heavy atom. The number of ether oxygens (including phenoxy) is 1. The van der Waals surface area contributed by atoms with Crippen LogP contribution in [-0.2, 0) is 6.61 Å². The molecule has 0 saturated carbocycles. The van der Waals surface area contributed by atoms with Crippen LogP contribution in [0.4, 0.5) is 17.6 Å². The lowest BCUT2D eigenvalue weighted by Crippen LogP contribution is -2.51. The van der Waals surface area contributed by atoms with Crippen molar-refractivity contribution >= 4 is 11.6 Å². The van der Waals surface area contributed by atoms with Crippen molar-refractivity contribution in [3.63, 3.8) is 0 Å². The number of hydrazone groups is 1. The predicted molar refractivity (Wildman–Crippen MR) is 106 cm³/mol. The Labute approximate surface area is 176 Å². The van der Waals surface area contributed by atoms with Crippen molar-refractivity contribution in [2.45, 2.75) is 51.4 Å². The topological polar surface area (TPSA) is 62.1 Å². The summed E-state index contributed by atoms with van der Waals surface area (Å²) in [5, 5.41) is 13.5. The summed E-state index contributed by atoms with van der Waals surface area (Å²) in [6.07, 6.45) is -7.76. The minimum atomic E-state index is -3.48. The molecule has 1 unspecified atom stereocenters. The maximum absolute atomic E-state index is 13.4. The van der Waals surface area contributed by atoms with E-state index in [1.54, 1.807) is 6.07 Å². The Kier molecular flexibility index (Phi) is 6.64. The standard InChI is InChI=1S/C22H22F4N2O3/c1-13(2)15-6-8-17(9-7-15)31-12-14-4-3-5-16(10-14)20(29)28-22(30,21(25)26)11-18(27-28)19(23)24/h3-10,13,19,21,30H,11-12H2,1-2H3. The molecule has 1 amide bonds. The number of nitrogens with zero attached hydrogens (tertiary/aromatic N) is 2. The lowest BCUT2D eigenvalue weighted by atomic mass is 10.0. The highest BCUT2D eigenvalue weighted by Crippen LogP contribution is 2.34. The highest BCUT2D eigenvalue weighted by atomic mass is 19.3. The van der Waals surface area contributed by atoms with Crippen LogP contribution in [0.3, 0.4) is 0 Å². The number of carbonyl (C=O) groups is 1. The molecule has 0 saturated heterocycles. The van der Waals surface area contributed by atoms with Gasteiger partial charge in [0.1, 0.15) is 18.1 Å². The molecule has 0 spiro atoms. The summed E-state index contributed by atoms with van der Waals surface area (Å²) < 4.78 is 58.3. The number of halogens is 4. The molecular weight excluding hydrogens is 416 g/mol. The Morgan fingerprint density at radius 1 is 1.16 bits per heavy atom. The number of hydrogen-bond acceptors (Lipinski definition) is 4. The van der Waals surface area contributed by atoms with Crippen molar-refractivity contribution in [1.29, 1.82) is 0 Å². The molecule has 0 bridgehead atoms.